The quantitative estimate of drug-likeness (QED) is 0.122. The van der Waals surface area contributed by atoms with Crippen molar-refractivity contribution in [3.8, 4) is 102 Å². The fourth-order valence-electron chi connectivity index (χ4n) is 17.9. The summed E-state index contributed by atoms with van der Waals surface area (Å²) in [5, 5.41) is 34.4. The highest BCUT2D eigenvalue weighted by Gasteiger charge is 2.37. The SMILES string of the molecule is N#Cc1c(-n2c3c#cc(-c4ccccc4)cc3c3cc(-c4ccccc4)ccc32)c(-n2c3ccc(-c4ccccc4)cc3c3cc(-c4ccccc4)ccc32)c(C#N)c(-n2c3c(c4cc(-c5ccccc5)ccc42)C(c2ccccc2)CC=C3)c1-n1c2ccc(-c3ccccc3)cc2c2cc(C3C=CC=CC3)ccc21. The van der Waals surface area contributed by atoms with Gasteiger partial charge in [0.25, 0.3) is 0 Å². The molecule has 110 heavy (non-hydrogen) atoms. The molecule has 15 aromatic carbocycles. The predicted molar refractivity (Wildman–Crippen MR) is 454 cm³/mol. The highest BCUT2D eigenvalue weighted by molar-refractivity contribution is 6.17. The maximum absolute atomic E-state index is 13.7. The summed E-state index contributed by atoms with van der Waals surface area (Å²) >= 11 is 0. The average molecular weight is 1400 g/mol. The van der Waals surface area contributed by atoms with Crippen molar-refractivity contribution in [3.05, 3.63) is 404 Å². The van der Waals surface area contributed by atoms with Gasteiger partial charge in [0.15, 0.2) is 0 Å². The van der Waals surface area contributed by atoms with Gasteiger partial charge < -0.3 is 13.7 Å². The molecule has 2 atom stereocenters. The standard InChI is InChI=1S/C104H66N6/c105-65-90-101(107-92-51-44-75(67-26-9-1-10-27-67)58-83(92)84-59-76(45-52-93(84)107)68-28-11-2-12-29-68)102(108-94-53-46-77(69-30-13-3-14-31-69)60-85(94)86-61-78(47-54-95(86)108)70-32-15-4-16-33-70)91(66-106)104(110-98-57-50-81(73-38-21-7-22-39-73)64-89(98)100-82(42-25-43-99(100)110)74-40-23-8-24-41-74)103(90)109-96-55-48-79(71-34-17-5-18-35-71)62-87(96)88-63-80(49-56-97(88)109)72-36-19-6-20-37-72/h1-36,38-41,43-44,46-51,53-64,72,82H,37,42H2. The van der Waals surface area contributed by atoms with Gasteiger partial charge in [0.2, 0.25) is 0 Å². The molecule has 6 heteroatoms. The van der Waals surface area contributed by atoms with E-state index in [0.717, 1.165) is 162 Å². The molecule has 0 radical (unpaired) electrons. The summed E-state index contributed by atoms with van der Waals surface area (Å²) in [6.07, 6.45) is 15.0. The fraction of sp³-hybridized carbons (Fsp3) is 0.0385. The smallest absolute Gasteiger partial charge is 0.106 e. The number of fused-ring (bicyclic) bond motifs is 12. The molecule has 6 nitrogen and oxygen atoms in total. The maximum Gasteiger partial charge on any atom is 0.106 e. The lowest BCUT2D eigenvalue weighted by Crippen LogP contribution is -2.17. The molecule has 0 amide bonds. The summed E-state index contributed by atoms with van der Waals surface area (Å²) in [4.78, 5) is 0. The van der Waals surface area contributed by atoms with Gasteiger partial charge in [0, 0.05) is 55.1 Å². The molecular formula is C104H66N6. The zero-order valence-corrected chi connectivity index (χ0v) is 59.9. The Bertz CT molecular complexity index is 6930. The highest BCUT2D eigenvalue weighted by atomic mass is 15.1. The van der Waals surface area contributed by atoms with E-state index in [4.69, 9.17) is 0 Å². The van der Waals surface area contributed by atoms with Gasteiger partial charge in [-0.05, 0) is 182 Å². The first-order chi connectivity index (χ1) is 54.5. The zero-order chi connectivity index (χ0) is 72.9. The Hall–Kier alpha value is -14.7. The summed E-state index contributed by atoms with van der Waals surface area (Å²) < 4.78 is 9.28. The number of hydrogen-bond donors (Lipinski definition) is 0. The molecular weight excluding hydrogens is 1330 g/mol. The monoisotopic (exact) mass is 1400 g/mol. The molecule has 21 rings (SSSR count). The molecule has 0 saturated carbocycles. The molecule has 0 saturated heterocycles. The topological polar surface area (TPSA) is 67.3 Å². The van der Waals surface area contributed by atoms with E-state index < -0.39 is 0 Å². The molecule has 0 aliphatic heterocycles. The van der Waals surface area contributed by atoms with Crippen LogP contribution in [0.5, 0.6) is 0 Å². The van der Waals surface area contributed by atoms with E-state index in [1.807, 2.05) is 6.07 Å². The summed E-state index contributed by atoms with van der Waals surface area (Å²) in [5.41, 5.74) is 25.8. The molecule has 0 spiro atoms. The third kappa shape index (κ3) is 10.3. The van der Waals surface area contributed by atoms with E-state index in [9.17, 15) is 10.5 Å². The van der Waals surface area contributed by atoms with Crippen LogP contribution in [-0.4, -0.2) is 18.3 Å². The largest absolute Gasteiger partial charge is 0.306 e. The Labute approximate surface area is 637 Å². The maximum atomic E-state index is 13.7. The Morgan fingerprint density at radius 1 is 0.291 bits per heavy atom. The van der Waals surface area contributed by atoms with Crippen LogP contribution in [0, 0.1) is 34.8 Å². The molecule has 2 unspecified atom stereocenters. The molecule has 2 aliphatic rings. The van der Waals surface area contributed by atoms with E-state index in [1.54, 1.807) is 0 Å². The van der Waals surface area contributed by atoms with Crippen LogP contribution in [0.25, 0.3) is 172 Å². The molecule has 2 aliphatic carbocycles. The van der Waals surface area contributed by atoms with Crippen LogP contribution in [0.2, 0.25) is 0 Å². The van der Waals surface area contributed by atoms with Gasteiger partial charge in [-0.1, -0.05) is 285 Å². The molecule has 19 aromatic rings. The van der Waals surface area contributed by atoms with Crippen LogP contribution in [0.3, 0.4) is 0 Å². The molecule has 0 fully saturated rings. The van der Waals surface area contributed by atoms with Gasteiger partial charge >= 0.3 is 0 Å². The summed E-state index contributed by atoms with van der Waals surface area (Å²) in [6.45, 7) is 0. The Kier molecular flexibility index (Phi) is 15.1. The summed E-state index contributed by atoms with van der Waals surface area (Å²) in [6, 6.07) is 131. The van der Waals surface area contributed by atoms with Crippen LogP contribution in [0.1, 0.15) is 58.2 Å². The van der Waals surface area contributed by atoms with E-state index >= 15 is 0 Å². The van der Waals surface area contributed by atoms with Crippen LogP contribution >= 0.6 is 0 Å². The van der Waals surface area contributed by atoms with Gasteiger partial charge in [-0.15, -0.1) is 0 Å². The number of benzene rings is 14. The first-order valence-electron chi connectivity index (χ1n) is 37.7. The van der Waals surface area contributed by atoms with Gasteiger partial charge in [0.1, 0.15) is 28.8 Å². The van der Waals surface area contributed by atoms with Crippen molar-refractivity contribution >= 4 is 82.4 Å². The van der Waals surface area contributed by atoms with Crippen LogP contribution in [0.4, 0.5) is 0 Å². The summed E-state index contributed by atoms with van der Waals surface area (Å²) in [5.74, 6) is 0.0537. The van der Waals surface area contributed by atoms with Gasteiger partial charge in [0.05, 0.1) is 61.5 Å². The second-order valence-electron chi connectivity index (χ2n) is 29.0. The van der Waals surface area contributed by atoms with Crippen molar-refractivity contribution in [1.82, 2.24) is 18.3 Å². The second-order valence-corrected chi connectivity index (χ2v) is 29.0. The lowest BCUT2D eigenvalue weighted by molar-refractivity contribution is 0.818. The first-order valence-corrected chi connectivity index (χ1v) is 37.7. The Balaban J connectivity index is 0.999. The molecule has 512 valence electrons. The average Bonchev–Trinajstić information content (AvgIpc) is 1.49. The number of nitriles is 2. The molecule has 4 heterocycles. The summed E-state index contributed by atoms with van der Waals surface area (Å²) in [7, 11) is 0. The third-order valence-electron chi connectivity index (χ3n) is 23.0. The lowest BCUT2D eigenvalue weighted by atomic mass is 9.83. The molecule has 4 aromatic heterocycles. The van der Waals surface area contributed by atoms with Crippen molar-refractivity contribution in [2.24, 2.45) is 0 Å². The van der Waals surface area contributed by atoms with Crippen molar-refractivity contribution in [2.45, 2.75) is 24.7 Å². The number of hydrogen-bond acceptors (Lipinski definition) is 2. The van der Waals surface area contributed by atoms with Crippen molar-refractivity contribution < 1.29 is 0 Å². The van der Waals surface area contributed by atoms with Gasteiger partial charge in [-0.2, -0.15) is 10.5 Å². The van der Waals surface area contributed by atoms with Crippen molar-refractivity contribution in [3.63, 3.8) is 0 Å². The number of nitrogens with zero attached hydrogens (tertiary/aromatic N) is 6. The Morgan fingerprint density at radius 2 is 0.664 bits per heavy atom. The normalized spacial score (nSPS) is 13.9. The highest BCUT2D eigenvalue weighted by Crippen LogP contribution is 2.53. The van der Waals surface area contributed by atoms with Crippen molar-refractivity contribution in [2.75, 3.05) is 0 Å². The third-order valence-corrected chi connectivity index (χ3v) is 23.0. The second kappa shape index (κ2) is 26.1. The van der Waals surface area contributed by atoms with E-state index in [1.165, 1.54) is 11.1 Å². The predicted octanol–water partition coefficient (Wildman–Crippen LogP) is 26.4. The van der Waals surface area contributed by atoms with E-state index in [0.29, 0.717) is 39.4 Å². The minimum absolute atomic E-state index is 0.0817. The van der Waals surface area contributed by atoms with E-state index in [-0.39, 0.29) is 11.8 Å². The fourth-order valence-corrected chi connectivity index (χ4v) is 17.9. The van der Waals surface area contributed by atoms with Crippen LogP contribution in [0.15, 0.2) is 358 Å². The van der Waals surface area contributed by atoms with Crippen LogP contribution in [-0.2, 0) is 0 Å². The first kappa shape index (κ1) is 63.7. The van der Waals surface area contributed by atoms with Crippen LogP contribution < -0.4 is 0 Å². The zero-order valence-electron chi connectivity index (χ0n) is 59.9. The van der Waals surface area contributed by atoms with Gasteiger partial charge in [-0.3, -0.25) is 4.57 Å². The lowest BCUT2D eigenvalue weighted by Gasteiger charge is -2.28. The molecule has 0 N–H and O–H groups in total. The molecule has 0 bridgehead atoms. The number of aromatic nitrogens is 4. The van der Waals surface area contributed by atoms with E-state index in [2.05, 4.69) is 401 Å². The van der Waals surface area contributed by atoms with Crippen molar-refractivity contribution in [1.29, 1.82) is 10.5 Å². The number of rotatable bonds is 12. The minimum Gasteiger partial charge on any atom is -0.306 e. The van der Waals surface area contributed by atoms with Gasteiger partial charge in [-0.25, -0.2) is 0 Å². The Morgan fingerprint density at radius 3 is 1.10 bits per heavy atom. The number of allylic oxidation sites excluding steroid dienone is 5. The minimum atomic E-state index is -0.0817.